The number of likely N-dealkylation sites (N-methyl/N-ethyl adjacent to an activating group) is 2. The highest BCUT2D eigenvalue weighted by molar-refractivity contribution is 7.85. The summed E-state index contributed by atoms with van der Waals surface area (Å²) in [5.74, 6) is -4.61. The molecule has 0 aliphatic rings. The van der Waals surface area contributed by atoms with Crippen LogP contribution in [0.15, 0.2) is 24.3 Å². The molecule has 0 saturated heterocycles. The van der Waals surface area contributed by atoms with Gasteiger partial charge in [-0.25, -0.2) is 14.2 Å². The maximum atomic E-state index is 11.7. The van der Waals surface area contributed by atoms with E-state index in [1.54, 1.807) is 90.0 Å². The number of Topliss-reactive ketones (excluding diaryl/α,β-unsaturated/α-hetero) is 1. The summed E-state index contributed by atoms with van der Waals surface area (Å²) in [5, 5.41) is 2.59. The van der Waals surface area contributed by atoms with Gasteiger partial charge in [-0.15, -0.1) is 0 Å². The molecule has 0 aliphatic carbocycles. The zero-order chi connectivity index (χ0) is 107. The third kappa shape index (κ3) is 83.9. The van der Waals surface area contributed by atoms with E-state index in [0.717, 1.165) is 58.3 Å². The molecule has 1 amide bonds. The van der Waals surface area contributed by atoms with Crippen molar-refractivity contribution < 1.29 is 161 Å². The molecule has 0 fully saturated rings. The Labute approximate surface area is 797 Å². The van der Waals surface area contributed by atoms with Crippen LogP contribution in [-0.4, -0.2) is 256 Å². The lowest BCUT2D eigenvalue weighted by Crippen LogP contribution is -2.49. The lowest BCUT2D eigenvalue weighted by molar-refractivity contribution is -0.159. The van der Waals surface area contributed by atoms with Gasteiger partial charge in [-0.2, -0.15) is 8.42 Å². The van der Waals surface area contributed by atoms with E-state index < -0.39 is 94.0 Å². The van der Waals surface area contributed by atoms with Crippen LogP contribution in [0, 0.1) is 43.8 Å². The van der Waals surface area contributed by atoms with Gasteiger partial charge in [0.15, 0.2) is 0 Å². The number of hydrogen-bond acceptors (Lipinski definition) is 31. The van der Waals surface area contributed by atoms with Crippen LogP contribution in [0.2, 0.25) is 0 Å². The highest BCUT2D eigenvalue weighted by atomic mass is 32.2. The molecule has 786 valence electrons. The number of ketones is 1. The van der Waals surface area contributed by atoms with Gasteiger partial charge in [0.2, 0.25) is 5.91 Å². The molecule has 0 aromatic carbocycles. The monoisotopic (exact) mass is 1980 g/mol. The maximum absolute atomic E-state index is 11.7. The third-order valence-electron chi connectivity index (χ3n) is 20.5. The van der Waals surface area contributed by atoms with Gasteiger partial charge < -0.3 is 86.8 Å². The molecule has 6 N–H and O–H groups in total. The van der Waals surface area contributed by atoms with E-state index in [0.29, 0.717) is 75.9 Å². The van der Waals surface area contributed by atoms with Crippen LogP contribution >= 0.6 is 15.4 Å². The minimum absolute atomic E-state index is 0.0162. The summed E-state index contributed by atoms with van der Waals surface area (Å²) in [6.07, 6.45) is 8.67. The molecule has 133 heavy (non-hydrogen) atoms. The van der Waals surface area contributed by atoms with Crippen LogP contribution in [0.5, 0.6) is 0 Å². The Balaban J connectivity index is -0.000000187. The van der Waals surface area contributed by atoms with Crippen molar-refractivity contribution >= 4 is 103 Å². The highest BCUT2D eigenvalue weighted by Crippen LogP contribution is 2.42. The molecule has 0 aliphatic heterocycles. The van der Waals surface area contributed by atoms with Gasteiger partial charge in [0.25, 0.3) is 10.1 Å². The fourth-order valence-corrected chi connectivity index (χ4v) is 9.05. The quantitative estimate of drug-likeness (QED) is 0.00626. The molecule has 0 rings (SSSR count). The number of nitrogens with one attached hydrogen (secondary N) is 1. The van der Waals surface area contributed by atoms with Crippen LogP contribution in [-0.2, 0) is 138 Å². The first kappa shape index (κ1) is 144. The van der Waals surface area contributed by atoms with Crippen molar-refractivity contribution in [3.8, 4) is 0 Å². The van der Waals surface area contributed by atoms with Gasteiger partial charge in [-0.05, 0) is 229 Å². The average molecular weight is 1980 g/mol. The average Bonchev–Trinajstić information content (AvgIpc) is 0.862. The fourth-order valence-electron chi connectivity index (χ4n) is 7.28. The Hall–Kier alpha value is -7.12. The number of ether oxygens (including phenoxy) is 11. The van der Waals surface area contributed by atoms with E-state index in [1.165, 1.54) is 6.92 Å². The number of carbonyl (C=O) groups excluding carboxylic acids is 13. The van der Waals surface area contributed by atoms with Crippen molar-refractivity contribution in [3.05, 3.63) is 24.3 Å². The summed E-state index contributed by atoms with van der Waals surface area (Å²) in [5.41, 5.74) is -3.90. The molecule has 0 heterocycles. The van der Waals surface area contributed by atoms with Gasteiger partial charge in [0.1, 0.15) is 71.7 Å². The number of nitrogens with zero attached hydrogens (tertiary/aromatic N) is 2. The van der Waals surface area contributed by atoms with Crippen LogP contribution in [0.4, 0.5) is 0 Å². The number of rotatable bonds is 53. The summed E-state index contributed by atoms with van der Waals surface area (Å²) in [6.45, 7) is 72.1. The third-order valence-corrected chi connectivity index (χ3v) is 23.6. The second kappa shape index (κ2) is 75.0. The summed E-state index contributed by atoms with van der Waals surface area (Å²) >= 11 is 0. The molecule has 0 bridgehead atoms. The Morgan fingerprint density at radius 3 is 0.925 bits per heavy atom. The lowest BCUT2D eigenvalue weighted by atomic mass is 9.91. The first-order valence-electron chi connectivity index (χ1n) is 45.5. The van der Waals surface area contributed by atoms with E-state index in [4.69, 9.17) is 76.2 Å². The molecule has 0 aromatic heterocycles. The zero-order valence-electron chi connectivity index (χ0n) is 87.8. The van der Waals surface area contributed by atoms with Crippen molar-refractivity contribution in [1.29, 1.82) is 0 Å². The minimum atomic E-state index is -4.46. The number of unbranched alkanes of at least 4 members (excludes halogenated alkanes) is 1. The summed E-state index contributed by atoms with van der Waals surface area (Å²) in [4.78, 5) is 185. The molecule has 40 heteroatoms. The number of carbonyl (C=O) groups is 13. The standard InChI is InChI=1S/C16H26O6.C12H25NO2.C12H20O5.C12H20O4.C10H21NO2.C10H20O2.C9H19NO4S.C8H17O6P.C4H11O3P/c1-6-16(4,5)15(19)22-11-10-20-13(17)8-7-9-21-14(18)12(2)3;1-6-12(4,5)11(14)15-10-9-13(7-2)8-3;1-5-12(3,4)11(15)17-7-6-16-10(14)8-9(2)13;1-6-12(4,5)11(14)16-8-7-15-10(13)9(2)3;1-6-10(2,3)9(12)13-8-7-11(4)5;1-5-7-8-12-9(11)10(3,4)6-2;1-5-7(2)8(11)10-9(3,4)6-15(12,13)14;1-4-8(2,3)7(9)13-5-6-14-15(10,11)12;1-3-4(2)8(5,6)7/h2,6-11H2,1,3-5H3;6-10H2,1-5H3;5-8H2,1-4H3;2,6-8H2,1,3-5H3;6-8H2,1-5H3;5-8H2,1-4H3;7H,5-6H2,1-4H3,(H,10,11)(H,12,13,14);4-6H2,1-3H3,(H2,10,11,12);4H,3H2,1-2H3,(H2,5,6,7). The SMILES string of the molecule is C=C(C)C(=O)OCCCC(=O)OCCOC(=O)C(C)(C)CC.C=C(C)C(=O)OCCOC(=O)C(C)(C)CC.CCC(C)(C)C(=O)OCCN(C)C.CCC(C)(C)C(=O)OCCOC(=O)CC(C)=O.CCC(C)(C)C(=O)OCCOP(=O)(O)O.CCC(C)C(=O)NC(C)(C)CS(=O)(=O)O.CCC(C)P(=O)(O)O.CCCCOC(=O)C(C)(C)CC.CCN(CC)CCOC(=O)C(C)(C)CC. The van der Waals surface area contributed by atoms with Crippen molar-refractivity contribution in [2.75, 3.05) is 125 Å². The van der Waals surface area contributed by atoms with Crippen molar-refractivity contribution in [3.63, 3.8) is 0 Å². The molecule has 37 nitrogen and oxygen atoms in total. The number of hydrogen-bond donors (Lipinski definition) is 6. The molecule has 2 unspecified atom stereocenters. The smallest absolute Gasteiger partial charge is 0.465 e. The molecule has 0 aromatic rings. The number of amides is 1. The van der Waals surface area contributed by atoms with Gasteiger partial charge in [-0.1, -0.05) is 117 Å². The number of esters is 11. The van der Waals surface area contributed by atoms with Crippen LogP contribution < -0.4 is 5.32 Å². The van der Waals surface area contributed by atoms with Gasteiger partial charge in [-0.3, -0.25) is 66.4 Å². The first-order chi connectivity index (χ1) is 60.5. The van der Waals surface area contributed by atoms with Gasteiger partial charge in [0, 0.05) is 36.6 Å². The summed E-state index contributed by atoms with van der Waals surface area (Å²) in [6, 6.07) is 0. The first-order valence-corrected chi connectivity index (χ1v) is 50.3. The second-order valence-electron chi connectivity index (χ2n) is 36.6. The van der Waals surface area contributed by atoms with E-state index >= 15 is 0 Å². The Morgan fingerprint density at radius 1 is 0.391 bits per heavy atom. The van der Waals surface area contributed by atoms with Crippen LogP contribution in [0.25, 0.3) is 0 Å². The number of phosphoric acid groups is 1. The van der Waals surface area contributed by atoms with E-state index in [-0.39, 0.29) is 142 Å². The Bertz CT molecular complexity index is 3590. The second-order valence-corrected chi connectivity index (χ2v) is 41.4. The van der Waals surface area contributed by atoms with Crippen molar-refractivity contribution in [2.24, 2.45) is 43.8 Å². The Morgan fingerprint density at radius 2 is 0.669 bits per heavy atom. The molecule has 0 saturated carbocycles. The van der Waals surface area contributed by atoms with Gasteiger partial charge in [0.05, 0.1) is 74.7 Å². The van der Waals surface area contributed by atoms with E-state index in [1.807, 2.05) is 130 Å². The predicted molar refractivity (Wildman–Crippen MR) is 512 cm³/mol. The van der Waals surface area contributed by atoms with Crippen LogP contribution in [0.1, 0.15) is 318 Å². The van der Waals surface area contributed by atoms with Crippen molar-refractivity contribution in [1.82, 2.24) is 15.1 Å². The minimum Gasteiger partial charge on any atom is -0.465 e. The molecule has 0 spiro atoms. The summed E-state index contributed by atoms with van der Waals surface area (Å²) in [7, 11) is -8.38. The van der Waals surface area contributed by atoms with Crippen molar-refractivity contribution in [2.45, 2.75) is 330 Å². The maximum Gasteiger partial charge on any atom is 0.469 e. The fraction of sp³-hybridized carbons (Fsp3) is 0.817. The molecule has 0 radical (unpaired) electrons. The zero-order valence-corrected chi connectivity index (χ0v) is 90.4. The lowest BCUT2D eigenvalue weighted by Gasteiger charge is -2.26. The van der Waals surface area contributed by atoms with Crippen LogP contribution in [0.3, 0.4) is 0 Å². The number of phosphoric ester groups is 1. The van der Waals surface area contributed by atoms with Gasteiger partial charge >= 0.3 is 81.1 Å². The molecule has 2 atom stereocenters. The topological polar surface area (TPSA) is 521 Å². The molecular formula is C93H179N3O34P2S. The summed E-state index contributed by atoms with van der Waals surface area (Å²) < 4.78 is 109. The van der Waals surface area contributed by atoms with E-state index in [2.05, 4.69) is 48.7 Å². The Kier molecular flexibility index (Phi) is 81.0. The predicted octanol–water partition coefficient (Wildman–Crippen LogP) is 15.4. The van der Waals surface area contributed by atoms with E-state index in [9.17, 15) is 79.9 Å². The normalized spacial score (nSPS) is 12.0. The highest BCUT2D eigenvalue weighted by Gasteiger charge is 2.34. The molecular weight excluding hydrogens is 1800 g/mol. The largest absolute Gasteiger partial charge is 0.469 e.